The van der Waals surface area contributed by atoms with Crippen molar-refractivity contribution < 1.29 is 14.6 Å². The molecule has 0 bridgehead atoms. The van der Waals surface area contributed by atoms with Crippen LogP contribution in [0.2, 0.25) is 0 Å². The smallest absolute Gasteiger partial charge is 0.339 e. The molecule has 0 spiro atoms. The highest BCUT2D eigenvalue weighted by Gasteiger charge is 2.13. The summed E-state index contributed by atoms with van der Waals surface area (Å²) in [6.07, 6.45) is 3.26. The number of carboxylic acids is 1. The Balaban J connectivity index is 2.29. The Hall–Kier alpha value is -2.50. The van der Waals surface area contributed by atoms with E-state index in [-0.39, 0.29) is 17.4 Å². The lowest BCUT2D eigenvalue weighted by Crippen LogP contribution is -2.01. The third kappa shape index (κ3) is 2.85. The summed E-state index contributed by atoms with van der Waals surface area (Å²) in [5.41, 5.74) is 5.97. The van der Waals surface area contributed by atoms with E-state index in [2.05, 4.69) is 5.10 Å². The zero-order valence-corrected chi connectivity index (χ0v) is 10.7. The van der Waals surface area contributed by atoms with Crippen LogP contribution in [0.15, 0.2) is 30.6 Å². The fraction of sp³-hybridized carbons (Fsp3) is 0.231. The molecule has 0 saturated heterocycles. The van der Waals surface area contributed by atoms with Crippen LogP contribution in [0, 0.1) is 0 Å². The van der Waals surface area contributed by atoms with Gasteiger partial charge in [-0.15, -0.1) is 0 Å². The third-order valence-corrected chi connectivity index (χ3v) is 2.57. The molecule has 100 valence electrons. The molecule has 0 amide bonds. The van der Waals surface area contributed by atoms with Crippen LogP contribution in [0.4, 0.5) is 5.69 Å². The molecule has 6 heteroatoms. The number of nitrogens with zero attached hydrogens (tertiary/aromatic N) is 2. The van der Waals surface area contributed by atoms with Gasteiger partial charge in [-0.25, -0.2) is 4.79 Å². The number of aromatic nitrogens is 2. The Bertz CT molecular complexity index is 605. The lowest BCUT2D eigenvalue weighted by molar-refractivity contribution is 0.0694. The minimum atomic E-state index is -1.08. The maximum atomic E-state index is 11.1. The van der Waals surface area contributed by atoms with Crippen molar-refractivity contribution in [3.05, 3.63) is 36.2 Å². The molecule has 3 N–H and O–H groups in total. The summed E-state index contributed by atoms with van der Waals surface area (Å²) in [6.45, 7) is 3.98. The van der Waals surface area contributed by atoms with Gasteiger partial charge in [0.25, 0.3) is 0 Å². The number of hydrogen-bond acceptors (Lipinski definition) is 4. The lowest BCUT2D eigenvalue weighted by atomic mass is 10.2. The average Bonchev–Trinajstić information content (AvgIpc) is 2.80. The van der Waals surface area contributed by atoms with Crippen molar-refractivity contribution in [2.24, 2.45) is 0 Å². The molecule has 1 aromatic carbocycles. The molecule has 0 radical (unpaired) electrons. The lowest BCUT2D eigenvalue weighted by Gasteiger charge is -2.07. The van der Waals surface area contributed by atoms with E-state index in [1.165, 1.54) is 12.1 Å². The molecule has 19 heavy (non-hydrogen) atoms. The van der Waals surface area contributed by atoms with Crippen LogP contribution in [-0.4, -0.2) is 20.9 Å². The number of rotatable bonds is 4. The molecule has 0 fully saturated rings. The predicted octanol–water partition coefficient (Wildman–Crippen LogP) is 2.54. The van der Waals surface area contributed by atoms with E-state index >= 15 is 0 Å². The summed E-state index contributed by atoms with van der Waals surface area (Å²) < 4.78 is 7.27. The second kappa shape index (κ2) is 5.01. The number of carbonyl (C=O) groups is 1. The van der Waals surface area contributed by atoms with Gasteiger partial charge in [-0.3, -0.25) is 4.68 Å². The molecule has 0 aliphatic heterocycles. The van der Waals surface area contributed by atoms with E-state index in [1.807, 2.05) is 13.8 Å². The van der Waals surface area contributed by atoms with Gasteiger partial charge in [0.05, 0.1) is 12.4 Å². The number of anilines is 1. The van der Waals surface area contributed by atoms with Gasteiger partial charge in [-0.05, 0) is 32.0 Å². The van der Waals surface area contributed by atoms with Crippen molar-refractivity contribution in [2.75, 3.05) is 5.73 Å². The van der Waals surface area contributed by atoms with Gasteiger partial charge in [0.2, 0.25) is 0 Å². The first-order valence-corrected chi connectivity index (χ1v) is 5.82. The number of aromatic carboxylic acids is 1. The van der Waals surface area contributed by atoms with Crippen LogP contribution >= 0.6 is 0 Å². The van der Waals surface area contributed by atoms with Crippen molar-refractivity contribution in [1.29, 1.82) is 0 Å². The van der Waals surface area contributed by atoms with Crippen LogP contribution in [-0.2, 0) is 0 Å². The highest BCUT2D eigenvalue weighted by molar-refractivity contribution is 5.92. The average molecular weight is 261 g/mol. The van der Waals surface area contributed by atoms with Crippen molar-refractivity contribution >= 4 is 11.7 Å². The first-order valence-electron chi connectivity index (χ1n) is 5.82. The molecular formula is C13H15N3O3. The molecule has 0 atom stereocenters. The molecule has 2 rings (SSSR count). The quantitative estimate of drug-likeness (QED) is 0.825. The van der Waals surface area contributed by atoms with Gasteiger partial charge in [-0.2, -0.15) is 5.10 Å². The Morgan fingerprint density at radius 3 is 2.79 bits per heavy atom. The Morgan fingerprint density at radius 1 is 1.47 bits per heavy atom. The highest BCUT2D eigenvalue weighted by Crippen LogP contribution is 2.27. The van der Waals surface area contributed by atoms with Crippen molar-refractivity contribution in [1.82, 2.24) is 9.78 Å². The number of nitrogen functional groups attached to an aromatic ring is 1. The van der Waals surface area contributed by atoms with Gasteiger partial charge < -0.3 is 15.6 Å². The number of benzene rings is 1. The van der Waals surface area contributed by atoms with Crippen LogP contribution in [0.3, 0.4) is 0 Å². The molecule has 1 aromatic heterocycles. The first kappa shape index (κ1) is 12.9. The van der Waals surface area contributed by atoms with Crippen molar-refractivity contribution in [3.8, 4) is 11.5 Å². The minimum absolute atomic E-state index is 0.0253. The third-order valence-electron chi connectivity index (χ3n) is 2.57. The van der Waals surface area contributed by atoms with E-state index < -0.39 is 5.97 Å². The molecule has 0 unspecified atom stereocenters. The predicted molar refractivity (Wildman–Crippen MR) is 70.5 cm³/mol. The van der Waals surface area contributed by atoms with Crippen molar-refractivity contribution in [3.63, 3.8) is 0 Å². The fourth-order valence-corrected chi connectivity index (χ4v) is 1.59. The van der Waals surface area contributed by atoms with Gasteiger partial charge in [0, 0.05) is 11.7 Å². The van der Waals surface area contributed by atoms with Gasteiger partial charge >= 0.3 is 5.97 Å². The Kier molecular flexibility index (Phi) is 3.41. The Morgan fingerprint density at radius 2 is 2.21 bits per heavy atom. The van der Waals surface area contributed by atoms with E-state index in [0.717, 1.165) is 0 Å². The molecule has 0 saturated carbocycles. The monoisotopic (exact) mass is 261 g/mol. The summed E-state index contributed by atoms with van der Waals surface area (Å²) in [6, 6.07) is 4.70. The zero-order chi connectivity index (χ0) is 14.0. The molecular weight excluding hydrogens is 246 g/mol. The van der Waals surface area contributed by atoms with E-state index in [9.17, 15) is 4.79 Å². The first-order chi connectivity index (χ1) is 8.97. The topological polar surface area (TPSA) is 90.4 Å². The number of ether oxygens (including phenoxy) is 1. The van der Waals surface area contributed by atoms with Crippen molar-refractivity contribution in [2.45, 2.75) is 19.9 Å². The van der Waals surface area contributed by atoms with Crippen LogP contribution in [0.25, 0.3) is 0 Å². The largest absolute Gasteiger partial charge is 0.478 e. The van der Waals surface area contributed by atoms with E-state index in [1.54, 1.807) is 23.1 Å². The van der Waals surface area contributed by atoms with E-state index in [0.29, 0.717) is 11.4 Å². The van der Waals surface area contributed by atoms with Crippen LogP contribution in [0.5, 0.6) is 11.5 Å². The number of nitrogens with two attached hydrogens (primary N) is 1. The summed E-state index contributed by atoms with van der Waals surface area (Å²) in [5.74, 6) is -0.357. The van der Waals surface area contributed by atoms with E-state index in [4.69, 9.17) is 15.6 Å². The summed E-state index contributed by atoms with van der Waals surface area (Å²) in [7, 11) is 0. The Labute approximate surface area is 110 Å². The SMILES string of the molecule is CC(C)n1cc(Oc2ccc(N)cc2C(=O)O)cn1. The minimum Gasteiger partial charge on any atom is -0.478 e. The molecule has 0 aliphatic rings. The second-order valence-electron chi connectivity index (χ2n) is 4.41. The van der Waals surface area contributed by atoms with Gasteiger partial charge in [-0.1, -0.05) is 0 Å². The summed E-state index contributed by atoms with van der Waals surface area (Å²) in [4.78, 5) is 11.1. The normalized spacial score (nSPS) is 10.7. The standard InChI is InChI=1S/C13H15N3O3/c1-8(2)16-7-10(6-15-16)19-12-4-3-9(14)5-11(12)13(17)18/h3-8H,14H2,1-2H3,(H,17,18). The molecule has 1 heterocycles. The molecule has 6 nitrogen and oxygen atoms in total. The molecule has 0 aliphatic carbocycles. The summed E-state index contributed by atoms with van der Waals surface area (Å²) in [5, 5.41) is 13.2. The van der Waals surface area contributed by atoms with Crippen LogP contribution in [0.1, 0.15) is 30.2 Å². The summed E-state index contributed by atoms with van der Waals surface area (Å²) >= 11 is 0. The van der Waals surface area contributed by atoms with Gasteiger partial charge in [0.1, 0.15) is 11.3 Å². The number of hydrogen-bond donors (Lipinski definition) is 2. The number of carboxylic acid groups (broad SMARTS) is 1. The fourth-order valence-electron chi connectivity index (χ4n) is 1.59. The van der Waals surface area contributed by atoms with Gasteiger partial charge in [0.15, 0.2) is 5.75 Å². The van der Waals surface area contributed by atoms with Crippen LogP contribution < -0.4 is 10.5 Å². The zero-order valence-electron chi connectivity index (χ0n) is 10.7. The second-order valence-corrected chi connectivity index (χ2v) is 4.41. The maximum absolute atomic E-state index is 11.1. The highest BCUT2D eigenvalue weighted by atomic mass is 16.5. The molecule has 2 aromatic rings. The maximum Gasteiger partial charge on any atom is 0.339 e.